The second-order valence-electron chi connectivity index (χ2n) is 2.55. The Bertz CT molecular complexity index is 194. The van der Waals surface area contributed by atoms with Crippen LogP contribution in [0.4, 0.5) is 8.78 Å². The van der Waals surface area contributed by atoms with E-state index in [9.17, 15) is 8.78 Å². The molecule has 0 saturated heterocycles. The monoisotopic (exact) mass is 160 g/mol. The van der Waals surface area contributed by atoms with Crippen molar-refractivity contribution >= 4 is 0 Å². The van der Waals surface area contributed by atoms with E-state index in [2.05, 4.69) is 0 Å². The molecule has 62 valence electrons. The lowest BCUT2D eigenvalue weighted by molar-refractivity contribution is 0.0569. The molecule has 1 N–H and O–H groups in total. The fraction of sp³-hybridized carbons (Fsp3) is 0.500. The molecule has 0 bridgehead atoms. The van der Waals surface area contributed by atoms with Crippen molar-refractivity contribution in [1.82, 2.24) is 0 Å². The summed E-state index contributed by atoms with van der Waals surface area (Å²) >= 11 is 0. The Balaban J connectivity index is 2.53. The Morgan fingerprint density at radius 2 is 2.27 bits per heavy atom. The number of allylic oxidation sites excluding steroid dienone is 3. The Morgan fingerprint density at radius 1 is 1.55 bits per heavy atom. The summed E-state index contributed by atoms with van der Waals surface area (Å²) in [7, 11) is 0. The van der Waals surface area contributed by atoms with Crippen LogP contribution in [0.15, 0.2) is 23.8 Å². The summed E-state index contributed by atoms with van der Waals surface area (Å²) in [5, 5.41) is 8.49. The van der Waals surface area contributed by atoms with Gasteiger partial charge in [0.2, 0.25) is 0 Å². The molecule has 0 radical (unpaired) electrons. The number of alkyl halides is 2. The summed E-state index contributed by atoms with van der Waals surface area (Å²) < 4.78 is 24.8. The predicted molar refractivity (Wildman–Crippen MR) is 38.5 cm³/mol. The van der Waals surface area contributed by atoms with Crippen molar-refractivity contribution in [3.63, 3.8) is 0 Å². The lowest BCUT2D eigenvalue weighted by Gasteiger charge is -2.14. The van der Waals surface area contributed by atoms with Crippen molar-refractivity contribution in [3.05, 3.63) is 23.8 Å². The van der Waals surface area contributed by atoms with Gasteiger partial charge in [-0.3, -0.25) is 0 Å². The van der Waals surface area contributed by atoms with Gasteiger partial charge in [-0.1, -0.05) is 12.2 Å². The molecule has 1 aliphatic rings. The Labute approximate surface area is 64.0 Å². The molecule has 0 fully saturated rings. The summed E-state index contributed by atoms with van der Waals surface area (Å²) in [6.07, 6.45) is 3.96. The summed E-state index contributed by atoms with van der Waals surface area (Å²) in [6, 6.07) is 0. The van der Waals surface area contributed by atoms with Crippen LogP contribution in [0.5, 0.6) is 0 Å². The molecular formula is C8H10F2O. The van der Waals surface area contributed by atoms with Gasteiger partial charge in [0.05, 0.1) is 0 Å². The van der Waals surface area contributed by atoms with Crippen LogP contribution in [0.1, 0.15) is 12.8 Å². The molecule has 0 aliphatic heterocycles. The highest BCUT2D eigenvalue weighted by molar-refractivity contribution is 5.25. The quantitative estimate of drug-likeness (QED) is 0.654. The van der Waals surface area contributed by atoms with Crippen molar-refractivity contribution in [2.24, 2.45) is 0 Å². The number of rotatable bonds is 2. The molecule has 0 unspecified atom stereocenters. The van der Waals surface area contributed by atoms with Gasteiger partial charge in [0.1, 0.15) is 0 Å². The van der Waals surface area contributed by atoms with Crippen LogP contribution in [0.25, 0.3) is 0 Å². The average molecular weight is 160 g/mol. The van der Waals surface area contributed by atoms with Crippen LogP contribution in [-0.4, -0.2) is 17.6 Å². The molecule has 0 aromatic heterocycles. The summed E-state index contributed by atoms with van der Waals surface area (Å²) in [5.41, 5.74) is 0.790. The highest BCUT2D eigenvalue weighted by atomic mass is 19.3. The van der Waals surface area contributed by atoms with Crippen LogP contribution >= 0.6 is 0 Å². The van der Waals surface area contributed by atoms with Gasteiger partial charge in [0.25, 0.3) is 5.92 Å². The zero-order valence-corrected chi connectivity index (χ0v) is 6.06. The molecule has 0 aromatic carbocycles. The summed E-state index contributed by atoms with van der Waals surface area (Å²) in [6.45, 7) is 0.0156. The molecule has 1 rings (SSSR count). The van der Waals surface area contributed by atoms with Gasteiger partial charge in [-0.25, -0.2) is 8.78 Å². The Hall–Kier alpha value is -0.700. The van der Waals surface area contributed by atoms with E-state index < -0.39 is 5.92 Å². The van der Waals surface area contributed by atoms with E-state index in [1.165, 1.54) is 12.2 Å². The molecule has 0 atom stereocenters. The fourth-order valence-electron chi connectivity index (χ4n) is 0.947. The first-order valence-corrected chi connectivity index (χ1v) is 3.51. The number of hydrogen-bond donors (Lipinski definition) is 1. The maximum atomic E-state index is 12.4. The molecule has 0 spiro atoms. The molecule has 1 aliphatic carbocycles. The highest BCUT2D eigenvalue weighted by Gasteiger charge is 2.25. The lowest BCUT2D eigenvalue weighted by Crippen LogP contribution is -2.13. The third kappa shape index (κ3) is 2.42. The van der Waals surface area contributed by atoms with Gasteiger partial charge in [-0.05, 0) is 18.1 Å². The maximum Gasteiger partial charge on any atom is 0.270 e. The van der Waals surface area contributed by atoms with E-state index in [4.69, 9.17) is 5.11 Å². The van der Waals surface area contributed by atoms with Gasteiger partial charge in [0, 0.05) is 13.0 Å². The zero-order valence-electron chi connectivity index (χ0n) is 6.06. The standard InChI is InChI=1S/C8H10F2O/c9-8(10)4-1-7(2-5-8)3-6-11/h1-2,4,11H,3,5-6H2. The van der Waals surface area contributed by atoms with Crippen molar-refractivity contribution in [3.8, 4) is 0 Å². The van der Waals surface area contributed by atoms with E-state index in [1.54, 1.807) is 0 Å². The molecule has 0 aromatic rings. The Morgan fingerprint density at radius 3 is 2.73 bits per heavy atom. The topological polar surface area (TPSA) is 20.2 Å². The third-order valence-corrected chi connectivity index (χ3v) is 1.58. The van der Waals surface area contributed by atoms with Crippen LogP contribution in [0.2, 0.25) is 0 Å². The molecular weight excluding hydrogens is 150 g/mol. The van der Waals surface area contributed by atoms with Gasteiger partial charge < -0.3 is 5.11 Å². The molecule has 0 heterocycles. The minimum absolute atomic E-state index is 0.0156. The van der Waals surface area contributed by atoms with E-state index in [1.807, 2.05) is 0 Å². The van der Waals surface area contributed by atoms with Crippen LogP contribution < -0.4 is 0 Å². The van der Waals surface area contributed by atoms with Crippen molar-refractivity contribution < 1.29 is 13.9 Å². The van der Waals surface area contributed by atoms with Gasteiger partial charge >= 0.3 is 0 Å². The van der Waals surface area contributed by atoms with Gasteiger partial charge in [-0.15, -0.1) is 0 Å². The highest BCUT2D eigenvalue weighted by Crippen LogP contribution is 2.26. The zero-order chi connectivity index (χ0) is 8.32. The number of halogens is 2. The first kappa shape index (κ1) is 8.40. The summed E-state index contributed by atoms with van der Waals surface area (Å²) in [4.78, 5) is 0. The second kappa shape index (κ2) is 3.13. The van der Waals surface area contributed by atoms with E-state index in [0.29, 0.717) is 6.42 Å². The average Bonchev–Trinajstić information content (AvgIpc) is 1.94. The van der Waals surface area contributed by atoms with E-state index in [0.717, 1.165) is 11.6 Å². The van der Waals surface area contributed by atoms with Crippen molar-refractivity contribution in [2.75, 3.05) is 6.61 Å². The fourth-order valence-corrected chi connectivity index (χ4v) is 0.947. The molecule has 3 heteroatoms. The minimum atomic E-state index is -2.68. The van der Waals surface area contributed by atoms with Gasteiger partial charge in [0.15, 0.2) is 0 Å². The number of hydrogen-bond acceptors (Lipinski definition) is 1. The number of aliphatic hydroxyl groups is 1. The predicted octanol–water partition coefficient (Wildman–Crippen LogP) is 1.89. The largest absolute Gasteiger partial charge is 0.396 e. The lowest BCUT2D eigenvalue weighted by atomic mass is 10.0. The summed E-state index contributed by atoms with van der Waals surface area (Å²) in [5.74, 6) is -2.68. The first-order valence-electron chi connectivity index (χ1n) is 3.51. The molecule has 1 nitrogen and oxygen atoms in total. The molecule has 0 amide bonds. The van der Waals surface area contributed by atoms with Gasteiger partial charge in [-0.2, -0.15) is 0 Å². The van der Waals surface area contributed by atoms with Crippen molar-refractivity contribution in [1.29, 1.82) is 0 Å². The van der Waals surface area contributed by atoms with Crippen LogP contribution in [0.3, 0.4) is 0 Å². The normalized spacial score (nSPS) is 21.5. The second-order valence-corrected chi connectivity index (χ2v) is 2.55. The third-order valence-electron chi connectivity index (χ3n) is 1.58. The molecule has 0 saturated carbocycles. The minimum Gasteiger partial charge on any atom is -0.396 e. The van der Waals surface area contributed by atoms with Crippen LogP contribution in [-0.2, 0) is 0 Å². The van der Waals surface area contributed by atoms with E-state index >= 15 is 0 Å². The molecule has 11 heavy (non-hydrogen) atoms. The SMILES string of the molecule is OCCC1=CCC(F)(F)C=C1. The smallest absolute Gasteiger partial charge is 0.270 e. The first-order chi connectivity index (χ1) is 5.14. The maximum absolute atomic E-state index is 12.4. The van der Waals surface area contributed by atoms with E-state index in [-0.39, 0.29) is 13.0 Å². The van der Waals surface area contributed by atoms with Crippen molar-refractivity contribution in [2.45, 2.75) is 18.8 Å². The Kier molecular flexibility index (Phi) is 2.39. The van der Waals surface area contributed by atoms with Crippen LogP contribution in [0, 0.1) is 0 Å². The number of aliphatic hydroxyl groups excluding tert-OH is 1.